The van der Waals surface area contributed by atoms with E-state index in [4.69, 9.17) is 0 Å². The van der Waals surface area contributed by atoms with Crippen LogP contribution in [0.1, 0.15) is 11.1 Å². The first-order chi connectivity index (χ1) is 18.4. The van der Waals surface area contributed by atoms with Crippen LogP contribution in [0.2, 0.25) is 0 Å². The highest BCUT2D eigenvalue weighted by atomic mass is 32.1. The molecule has 8 aromatic rings. The molecule has 0 saturated carbocycles. The summed E-state index contributed by atoms with van der Waals surface area (Å²) in [5.74, 6) is 0. The van der Waals surface area contributed by atoms with Crippen molar-refractivity contribution in [3.05, 3.63) is 126 Å². The average Bonchev–Trinajstić information content (AvgIpc) is 3.62. The minimum absolute atomic E-state index is 1.01. The number of thiophene rings is 1. The number of hydrogen-bond acceptors (Lipinski definition) is 1. The van der Waals surface area contributed by atoms with E-state index >= 15 is 0 Å². The number of hydrogen-bond donors (Lipinski definition) is 0. The second-order valence-corrected chi connectivity index (χ2v) is 11.1. The van der Waals surface area contributed by atoms with Crippen LogP contribution in [0.25, 0.3) is 69.6 Å². The molecule has 0 saturated heterocycles. The Morgan fingerprint density at radius 2 is 1.30 bits per heavy atom. The molecule has 2 heterocycles. The lowest BCUT2D eigenvalue weighted by Gasteiger charge is -2.10. The number of para-hydroxylation sites is 2. The van der Waals surface area contributed by atoms with Gasteiger partial charge in [-0.05, 0) is 69.8 Å². The lowest BCUT2D eigenvalue weighted by atomic mass is 9.93. The van der Waals surface area contributed by atoms with Crippen LogP contribution in [0.15, 0.2) is 115 Å². The largest absolute Gasteiger partial charge is 0.309 e. The Morgan fingerprint density at radius 1 is 0.568 bits per heavy atom. The molecule has 1 aliphatic rings. The Bertz CT molecular complexity index is 2210. The lowest BCUT2D eigenvalue weighted by molar-refractivity contribution is 1.18. The van der Waals surface area contributed by atoms with E-state index in [2.05, 4.69) is 120 Å². The molecule has 2 aromatic heterocycles. The Morgan fingerprint density at radius 3 is 2.19 bits per heavy atom. The van der Waals surface area contributed by atoms with Gasteiger partial charge in [0.1, 0.15) is 0 Å². The van der Waals surface area contributed by atoms with Gasteiger partial charge in [0, 0.05) is 36.6 Å². The van der Waals surface area contributed by atoms with Gasteiger partial charge in [0.25, 0.3) is 0 Å². The Labute approximate surface area is 217 Å². The summed E-state index contributed by atoms with van der Waals surface area (Å²) in [5.41, 5.74) is 9.50. The van der Waals surface area contributed by atoms with Gasteiger partial charge in [0.15, 0.2) is 0 Å². The van der Waals surface area contributed by atoms with Crippen LogP contribution in [-0.4, -0.2) is 4.57 Å². The van der Waals surface area contributed by atoms with Crippen molar-refractivity contribution in [3.63, 3.8) is 0 Å². The average molecular weight is 488 g/mol. The molecule has 37 heavy (non-hydrogen) atoms. The monoisotopic (exact) mass is 487 g/mol. The summed E-state index contributed by atoms with van der Waals surface area (Å²) < 4.78 is 5.18. The van der Waals surface area contributed by atoms with Crippen molar-refractivity contribution in [1.29, 1.82) is 0 Å². The minimum atomic E-state index is 1.01. The first-order valence-corrected chi connectivity index (χ1v) is 13.7. The Balaban J connectivity index is 1.51. The molecule has 6 aromatic carbocycles. The second-order valence-electron chi connectivity index (χ2n) is 10.1. The fourth-order valence-corrected chi connectivity index (χ4v) is 7.94. The van der Waals surface area contributed by atoms with E-state index in [0.29, 0.717) is 0 Å². The zero-order valence-corrected chi connectivity index (χ0v) is 20.8. The van der Waals surface area contributed by atoms with Gasteiger partial charge in [-0.3, -0.25) is 0 Å². The van der Waals surface area contributed by atoms with Crippen LogP contribution >= 0.6 is 11.3 Å². The number of fused-ring (bicyclic) bond motifs is 13. The zero-order valence-electron chi connectivity index (χ0n) is 20.0. The van der Waals surface area contributed by atoms with Crippen molar-refractivity contribution < 1.29 is 0 Å². The van der Waals surface area contributed by atoms with Gasteiger partial charge in [0.05, 0.1) is 11.0 Å². The van der Waals surface area contributed by atoms with Crippen molar-refractivity contribution in [2.45, 2.75) is 6.42 Å². The van der Waals surface area contributed by atoms with Gasteiger partial charge in [-0.15, -0.1) is 11.3 Å². The molecule has 0 aliphatic heterocycles. The maximum absolute atomic E-state index is 2.47. The molecular weight excluding hydrogens is 466 g/mol. The van der Waals surface area contributed by atoms with Crippen LogP contribution in [0, 0.1) is 0 Å². The molecule has 0 bridgehead atoms. The summed E-state index contributed by atoms with van der Waals surface area (Å²) in [4.78, 5) is 0. The normalized spacial score (nSPS) is 12.8. The number of aromatic nitrogens is 1. The molecular formula is C35H21NS. The smallest absolute Gasteiger partial charge is 0.0555 e. The van der Waals surface area contributed by atoms with Crippen molar-refractivity contribution in [2.24, 2.45) is 0 Å². The van der Waals surface area contributed by atoms with Gasteiger partial charge < -0.3 is 4.57 Å². The highest BCUT2D eigenvalue weighted by Crippen LogP contribution is 2.51. The van der Waals surface area contributed by atoms with E-state index in [9.17, 15) is 0 Å². The maximum atomic E-state index is 2.47. The number of nitrogens with zero attached hydrogens (tertiary/aromatic N) is 1. The summed E-state index contributed by atoms with van der Waals surface area (Å²) in [6, 6.07) is 42.5. The molecule has 0 unspecified atom stereocenters. The van der Waals surface area contributed by atoms with Crippen LogP contribution in [0.5, 0.6) is 0 Å². The van der Waals surface area contributed by atoms with Crippen molar-refractivity contribution >= 4 is 64.1 Å². The van der Waals surface area contributed by atoms with E-state index in [-0.39, 0.29) is 0 Å². The fourth-order valence-electron chi connectivity index (χ4n) is 6.67. The highest BCUT2D eigenvalue weighted by molar-refractivity contribution is 7.27. The summed E-state index contributed by atoms with van der Waals surface area (Å²) >= 11 is 1.95. The first-order valence-electron chi connectivity index (χ1n) is 12.8. The lowest BCUT2D eigenvalue weighted by Crippen LogP contribution is -1.92. The third-order valence-electron chi connectivity index (χ3n) is 8.20. The molecule has 9 rings (SSSR count). The first kappa shape index (κ1) is 19.7. The molecule has 2 heteroatoms. The van der Waals surface area contributed by atoms with Crippen molar-refractivity contribution in [1.82, 2.24) is 4.57 Å². The van der Waals surface area contributed by atoms with E-state index in [1.54, 1.807) is 0 Å². The molecule has 172 valence electrons. The van der Waals surface area contributed by atoms with Crippen LogP contribution in [0.3, 0.4) is 0 Å². The molecule has 0 spiro atoms. The molecule has 1 nitrogen and oxygen atoms in total. The topological polar surface area (TPSA) is 4.93 Å². The quantitative estimate of drug-likeness (QED) is 0.217. The molecule has 0 fully saturated rings. The minimum Gasteiger partial charge on any atom is -0.309 e. The fraction of sp³-hybridized carbons (Fsp3) is 0.0286. The number of benzene rings is 6. The van der Waals surface area contributed by atoms with Crippen molar-refractivity contribution in [3.8, 4) is 16.8 Å². The van der Waals surface area contributed by atoms with E-state index < -0.39 is 0 Å². The Hall–Kier alpha value is -4.40. The second kappa shape index (κ2) is 7.09. The molecule has 1 aliphatic carbocycles. The van der Waals surface area contributed by atoms with Gasteiger partial charge in [-0.1, -0.05) is 84.9 Å². The third kappa shape index (κ3) is 2.53. The van der Waals surface area contributed by atoms with Crippen LogP contribution in [-0.2, 0) is 6.42 Å². The summed E-state index contributed by atoms with van der Waals surface area (Å²) in [5, 5.41) is 8.21. The van der Waals surface area contributed by atoms with E-state index in [1.807, 2.05) is 11.3 Å². The van der Waals surface area contributed by atoms with E-state index in [0.717, 1.165) is 6.42 Å². The Kier molecular flexibility index (Phi) is 3.78. The zero-order chi connectivity index (χ0) is 24.1. The van der Waals surface area contributed by atoms with Crippen LogP contribution in [0.4, 0.5) is 0 Å². The summed E-state index contributed by atoms with van der Waals surface area (Å²) in [7, 11) is 0. The molecule has 0 N–H and O–H groups in total. The van der Waals surface area contributed by atoms with Gasteiger partial charge in [0.2, 0.25) is 0 Å². The molecule has 0 radical (unpaired) electrons. The molecule has 0 amide bonds. The van der Waals surface area contributed by atoms with Crippen LogP contribution < -0.4 is 0 Å². The predicted octanol–water partition coefficient (Wildman–Crippen LogP) is 9.88. The SMILES string of the molecule is c1ccc(-n2c3ccccc3c3cc4c(cc32)sc2c3ccccc3c3c(c42)-c2ccccc2C3)cc1. The van der Waals surface area contributed by atoms with Gasteiger partial charge in [-0.2, -0.15) is 0 Å². The van der Waals surface area contributed by atoms with Crippen molar-refractivity contribution in [2.75, 3.05) is 0 Å². The summed E-state index contributed by atoms with van der Waals surface area (Å²) in [6.45, 7) is 0. The predicted molar refractivity (Wildman–Crippen MR) is 159 cm³/mol. The molecule has 0 atom stereocenters. The third-order valence-corrected chi connectivity index (χ3v) is 9.39. The maximum Gasteiger partial charge on any atom is 0.0555 e. The van der Waals surface area contributed by atoms with Gasteiger partial charge >= 0.3 is 0 Å². The number of rotatable bonds is 1. The van der Waals surface area contributed by atoms with E-state index in [1.165, 1.54) is 80.7 Å². The summed E-state index contributed by atoms with van der Waals surface area (Å²) in [6.07, 6.45) is 1.01. The highest BCUT2D eigenvalue weighted by Gasteiger charge is 2.26. The standard InChI is InChI=1S/C35H21NS/c1-2-11-22(12-3-1)36-30-17-9-8-15-25(30)27-19-29-32(20-31(27)36)37-35-26-16-7-6-14-24(26)28-18-21-10-4-5-13-23(21)33(28)34(29)35/h1-17,19-20H,18H2. The van der Waals surface area contributed by atoms with Gasteiger partial charge in [-0.25, -0.2) is 0 Å².